The number of benzene rings is 2. The number of likely N-dealkylation sites (tertiary alicyclic amines) is 1. The SMILES string of the molecule is CC(C)NC(=O)C1(NC(=O)[C@@H]2CCCN2C(=O)C(C)(C)C)[C@@H](c2ccccc2)[C@@H]1c1ccccc1. The Labute approximate surface area is 208 Å². The molecule has 1 saturated heterocycles. The highest BCUT2D eigenvalue weighted by Gasteiger charge is 2.71. The smallest absolute Gasteiger partial charge is 0.247 e. The molecule has 0 aromatic heterocycles. The highest BCUT2D eigenvalue weighted by atomic mass is 16.2. The number of hydrogen-bond acceptors (Lipinski definition) is 3. The third-order valence-corrected chi connectivity index (χ3v) is 7.11. The Morgan fingerprint density at radius 1 is 0.914 bits per heavy atom. The first-order valence-corrected chi connectivity index (χ1v) is 12.6. The van der Waals surface area contributed by atoms with Crippen molar-refractivity contribution in [1.29, 1.82) is 0 Å². The lowest BCUT2D eigenvalue weighted by atomic mass is 9.94. The number of nitrogens with zero attached hydrogens (tertiary/aromatic N) is 1. The van der Waals surface area contributed by atoms with Crippen molar-refractivity contribution < 1.29 is 14.4 Å². The molecule has 0 radical (unpaired) electrons. The largest absolute Gasteiger partial charge is 0.352 e. The van der Waals surface area contributed by atoms with Crippen LogP contribution in [0.4, 0.5) is 0 Å². The van der Waals surface area contributed by atoms with Crippen molar-refractivity contribution in [3.8, 4) is 0 Å². The zero-order valence-corrected chi connectivity index (χ0v) is 21.4. The van der Waals surface area contributed by atoms with Gasteiger partial charge in [0, 0.05) is 29.8 Å². The molecule has 3 amide bonds. The van der Waals surface area contributed by atoms with E-state index in [9.17, 15) is 14.4 Å². The predicted octanol–water partition coefficient (Wildman–Crippen LogP) is 3.98. The highest BCUT2D eigenvalue weighted by molar-refractivity contribution is 6.00. The topological polar surface area (TPSA) is 78.5 Å². The van der Waals surface area contributed by atoms with Crippen LogP contribution in [0.5, 0.6) is 0 Å². The molecule has 0 spiro atoms. The van der Waals surface area contributed by atoms with E-state index in [0.29, 0.717) is 13.0 Å². The van der Waals surface area contributed by atoms with Crippen LogP contribution in [0.1, 0.15) is 70.4 Å². The Kier molecular flexibility index (Phi) is 6.76. The Bertz CT molecular complexity index is 1030. The summed E-state index contributed by atoms with van der Waals surface area (Å²) in [7, 11) is 0. The maximum atomic E-state index is 13.8. The van der Waals surface area contributed by atoms with E-state index in [-0.39, 0.29) is 35.6 Å². The molecule has 6 heteroatoms. The summed E-state index contributed by atoms with van der Waals surface area (Å²) in [4.78, 5) is 42.4. The van der Waals surface area contributed by atoms with Crippen molar-refractivity contribution in [3.05, 3.63) is 71.8 Å². The van der Waals surface area contributed by atoms with Gasteiger partial charge < -0.3 is 15.5 Å². The predicted molar refractivity (Wildman–Crippen MR) is 137 cm³/mol. The molecule has 2 aromatic rings. The second-order valence-corrected chi connectivity index (χ2v) is 11.2. The lowest BCUT2D eigenvalue weighted by Gasteiger charge is -2.31. The molecule has 2 aliphatic rings. The van der Waals surface area contributed by atoms with E-state index < -0.39 is 17.0 Å². The maximum absolute atomic E-state index is 13.8. The zero-order chi connectivity index (χ0) is 25.4. The van der Waals surface area contributed by atoms with Gasteiger partial charge in [0.1, 0.15) is 11.6 Å². The van der Waals surface area contributed by atoms with Crippen molar-refractivity contribution in [2.75, 3.05) is 6.54 Å². The quantitative estimate of drug-likeness (QED) is 0.663. The molecule has 3 atom stereocenters. The van der Waals surface area contributed by atoms with Crippen LogP contribution in [-0.4, -0.2) is 46.8 Å². The number of nitrogens with one attached hydrogen (secondary N) is 2. The molecule has 1 saturated carbocycles. The number of carbonyl (C=O) groups excluding carboxylic acids is 3. The lowest BCUT2D eigenvalue weighted by Crippen LogP contribution is -2.57. The van der Waals surface area contributed by atoms with E-state index in [0.717, 1.165) is 17.5 Å². The summed E-state index contributed by atoms with van der Waals surface area (Å²) in [5.74, 6) is -0.886. The summed E-state index contributed by atoms with van der Waals surface area (Å²) in [6.45, 7) is 10.0. The lowest BCUT2D eigenvalue weighted by molar-refractivity contribution is -0.145. The van der Waals surface area contributed by atoms with Crippen LogP contribution in [0, 0.1) is 5.41 Å². The van der Waals surface area contributed by atoms with Crippen LogP contribution >= 0.6 is 0 Å². The third kappa shape index (κ3) is 4.71. The Morgan fingerprint density at radius 3 is 1.89 bits per heavy atom. The second kappa shape index (κ2) is 9.48. The van der Waals surface area contributed by atoms with Crippen LogP contribution in [0.15, 0.2) is 60.7 Å². The van der Waals surface area contributed by atoms with Crippen LogP contribution in [0.3, 0.4) is 0 Å². The van der Waals surface area contributed by atoms with Gasteiger partial charge in [-0.05, 0) is 37.8 Å². The summed E-state index contributed by atoms with van der Waals surface area (Å²) < 4.78 is 0. The monoisotopic (exact) mass is 475 g/mol. The molecule has 2 fully saturated rings. The molecule has 4 rings (SSSR count). The summed E-state index contributed by atoms with van der Waals surface area (Å²) >= 11 is 0. The summed E-state index contributed by atoms with van der Waals surface area (Å²) in [5.41, 5.74) is 0.321. The fraction of sp³-hybridized carbons (Fsp3) is 0.483. The van der Waals surface area contributed by atoms with Gasteiger partial charge >= 0.3 is 0 Å². The molecule has 35 heavy (non-hydrogen) atoms. The molecule has 186 valence electrons. The van der Waals surface area contributed by atoms with Crippen molar-refractivity contribution in [3.63, 3.8) is 0 Å². The van der Waals surface area contributed by atoms with Gasteiger partial charge in [-0.15, -0.1) is 0 Å². The van der Waals surface area contributed by atoms with Crippen molar-refractivity contribution >= 4 is 17.7 Å². The minimum Gasteiger partial charge on any atom is -0.352 e. The fourth-order valence-corrected chi connectivity index (χ4v) is 5.50. The van der Waals surface area contributed by atoms with E-state index in [4.69, 9.17) is 0 Å². The Morgan fingerprint density at radius 2 is 1.43 bits per heavy atom. The van der Waals surface area contributed by atoms with E-state index in [1.165, 1.54) is 0 Å². The van der Waals surface area contributed by atoms with E-state index in [1.807, 2.05) is 95.3 Å². The molecular formula is C29H37N3O3. The number of amides is 3. The first-order valence-electron chi connectivity index (χ1n) is 12.6. The van der Waals surface area contributed by atoms with Gasteiger partial charge in [-0.3, -0.25) is 14.4 Å². The van der Waals surface area contributed by atoms with Gasteiger partial charge in [0.15, 0.2) is 0 Å². The fourth-order valence-electron chi connectivity index (χ4n) is 5.50. The minimum absolute atomic E-state index is 0.0363. The standard InChI is InChI=1S/C29H37N3O3/c1-19(2)30-26(34)29(31-25(33)22-17-12-18-32(22)27(35)28(3,4)5)23(20-13-8-6-9-14-20)24(29)21-15-10-7-11-16-21/h6-11,13-16,19,22-24H,12,17-18H2,1-5H3,(H,30,34)(H,31,33)/t22-,23-,24-/m0/s1. The molecule has 6 nitrogen and oxygen atoms in total. The van der Waals surface area contributed by atoms with Gasteiger partial charge in [-0.1, -0.05) is 81.4 Å². The first kappa shape index (κ1) is 25.0. The van der Waals surface area contributed by atoms with E-state index >= 15 is 0 Å². The van der Waals surface area contributed by atoms with Gasteiger partial charge in [-0.25, -0.2) is 0 Å². The molecule has 0 unspecified atom stereocenters. The van der Waals surface area contributed by atoms with Gasteiger partial charge in [0.05, 0.1) is 0 Å². The van der Waals surface area contributed by atoms with Crippen LogP contribution in [0.2, 0.25) is 0 Å². The zero-order valence-electron chi connectivity index (χ0n) is 21.4. The van der Waals surface area contributed by atoms with E-state index in [1.54, 1.807) is 4.90 Å². The van der Waals surface area contributed by atoms with Crippen molar-refractivity contribution in [1.82, 2.24) is 15.5 Å². The minimum atomic E-state index is -1.12. The summed E-state index contributed by atoms with van der Waals surface area (Å²) in [5, 5.41) is 6.27. The molecule has 0 bridgehead atoms. The van der Waals surface area contributed by atoms with Crippen LogP contribution in [-0.2, 0) is 14.4 Å². The highest BCUT2D eigenvalue weighted by Crippen LogP contribution is 2.63. The summed E-state index contributed by atoms with van der Waals surface area (Å²) in [6, 6.07) is 19.2. The van der Waals surface area contributed by atoms with Crippen LogP contribution in [0.25, 0.3) is 0 Å². The van der Waals surface area contributed by atoms with Gasteiger partial charge in [-0.2, -0.15) is 0 Å². The average molecular weight is 476 g/mol. The molecule has 1 aliphatic carbocycles. The normalized spacial score (nSPS) is 25.9. The van der Waals surface area contributed by atoms with E-state index in [2.05, 4.69) is 10.6 Å². The molecule has 2 N–H and O–H groups in total. The van der Waals surface area contributed by atoms with Crippen LogP contribution < -0.4 is 10.6 Å². The van der Waals surface area contributed by atoms with Crippen molar-refractivity contribution in [2.45, 2.75) is 76.9 Å². The Balaban J connectivity index is 1.73. The second-order valence-electron chi connectivity index (χ2n) is 11.2. The molecular weight excluding hydrogens is 438 g/mol. The van der Waals surface area contributed by atoms with Crippen molar-refractivity contribution in [2.24, 2.45) is 5.41 Å². The maximum Gasteiger partial charge on any atom is 0.247 e. The number of carbonyl (C=O) groups is 3. The molecule has 2 aromatic carbocycles. The Hall–Kier alpha value is -3.15. The number of rotatable bonds is 6. The first-order chi connectivity index (χ1) is 16.6. The molecule has 1 aliphatic heterocycles. The number of hydrogen-bond donors (Lipinski definition) is 2. The average Bonchev–Trinajstić information content (AvgIpc) is 3.22. The third-order valence-electron chi connectivity index (χ3n) is 7.11. The van der Waals surface area contributed by atoms with Gasteiger partial charge in [0.2, 0.25) is 17.7 Å². The molecule has 1 heterocycles. The van der Waals surface area contributed by atoms with Gasteiger partial charge in [0.25, 0.3) is 0 Å². The summed E-state index contributed by atoms with van der Waals surface area (Å²) in [6.07, 6.45) is 1.37.